The number of hydrogen-bond donors (Lipinski definition) is 3. The molecule has 0 spiro atoms. The van der Waals surface area contributed by atoms with Crippen LogP contribution in [0.2, 0.25) is 0 Å². The molecule has 0 saturated carbocycles. The molecule has 1 unspecified atom stereocenters. The van der Waals surface area contributed by atoms with Crippen LogP contribution in [0.3, 0.4) is 0 Å². The average Bonchev–Trinajstić information content (AvgIpc) is 2.72. The predicted molar refractivity (Wildman–Crippen MR) is 113 cm³/mol. The summed E-state index contributed by atoms with van der Waals surface area (Å²) in [5, 5.41) is 5.71. The van der Waals surface area contributed by atoms with E-state index < -0.39 is 6.04 Å². The number of benzene rings is 2. The van der Waals surface area contributed by atoms with Crippen molar-refractivity contribution in [3.63, 3.8) is 0 Å². The Morgan fingerprint density at radius 3 is 2.43 bits per heavy atom. The third-order valence-corrected chi connectivity index (χ3v) is 4.64. The molecular formula is C22H30N4O2. The Kier molecular flexibility index (Phi) is 8.65. The lowest BCUT2D eigenvalue weighted by atomic mass is 10.1. The summed E-state index contributed by atoms with van der Waals surface area (Å²) >= 11 is 0. The second kappa shape index (κ2) is 11.2. The average molecular weight is 383 g/mol. The van der Waals surface area contributed by atoms with Crippen LogP contribution in [0.1, 0.15) is 29.8 Å². The molecule has 0 heterocycles. The molecule has 28 heavy (non-hydrogen) atoms. The van der Waals surface area contributed by atoms with Crippen molar-refractivity contribution in [2.24, 2.45) is 5.73 Å². The highest BCUT2D eigenvalue weighted by Crippen LogP contribution is 2.12. The first-order chi connectivity index (χ1) is 13.5. The van der Waals surface area contributed by atoms with E-state index in [0.29, 0.717) is 24.2 Å². The fraction of sp³-hybridized carbons (Fsp3) is 0.364. The van der Waals surface area contributed by atoms with E-state index in [0.717, 1.165) is 25.2 Å². The summed E-state index contributed by atoms with van der Waals surface area (Å²) in [5.74, 6) is -0.431. The molecule has 0 aliphatic heterocycles. The van der Waals surface area contributed by atoms with Crippen molar-refractivity contribution in [2.45, 2.75) is 26.3 Å². The van der Waals surface area contributed by atoms with Crippen molar-refractivity contribution in [3.05, 3.63) is 65.7 Å². The number of amides is 2. The zero-order valence-electron chi connectivity index (χ0n) is 16.7. The first-order valence-corrected chi connectivity index (χ1v) is 9.74. The number of anilines is 1. The fourth-order valence-corrected chi connectivity index (χ4v) is 2.90. The molecule has 2 aromatic carbocycles. The fourth-order valence-electron chi connectivity index (χ4n) is 2.90. The highest BCUT2D eigenvalue weighted by Gasteiger charge is 2.15. The third kappa shape index (κ3) is 6.79. The number of nitrogens with one attached hydrogen (secondary N) is 2. The first kappa shape index (κ1) is 21.6. The SMILES string of the molecule is CCN(CC)CCNC(=O)c1cccc(NC(=O)C(N)Cc2ccccc2)c1. The predicted octanol–water partition coefficient (Wildman–Crippen LogP) is 2.27. The topological polar surface area (TPSA) is 87.5 Å². The maximum absolute atomic E-state index is 12.4. The Morgan fingerprint density at radius 1 is 1.04 bits per heavy atom. The minimum atomic E-state index is -0.658. The van der Waals surface area contributed by atoms with E-state index in [4.69, 9.17) is 5.73 Å². The van der Waals surface area contributed by atoms with Crippen LogP contribution in [0.4, 0.5) is 5.69 Å². The largest absolute Gasteiger partial charge is 0.351 e. The Balaban J connectivity index is 1.89. The van der Waals surface area contributed by atoms with E-state index in [1.165, 1.54) is 0 Å². The third-order valence-electron chi connectivity index (χ3n) is 4.64. The van der Waals surface area contributed by atoms with Crippen molar-refractivity contribution in [3.8, 4) is 0 Å². The number of nitrogens with zero attached hydrogens (tertiary/aromatic N) is 1. The van der Waals surface area contributed by atoms with Gasteiger partial charge >= 0.3 is 0 Å². The summed E-state index contributed by atoms with van der Waals surface area (Å²) in [6, 6.07) is 15.9. The number of carbonyl (C=O) groups excluding carboxylic acids is 2. The highest BCUT2D eigenvalue weighted by molar-refractivity contribution is 5.98. The molecule has 0 radical (unpaired) electrons. The number of rotatable bonds is 10. The highest BCUT2D eigenvalue weighted by atomic mass is 16.2. The Labute approximate surface area is 167 Å². The second-order valence-corrected chi connectivity index (χ2v) is 6.65. The first-order valence-electron chi connectivity index (χ1n) is 9.74. The monoisotopic (exact) mass is 382 g/mol. The maximum Gasteiger partial charge on any atom is 0.251 e. The molecule has 2 amide bonds. The summed E-state index contributed by atoms with van der Waals surface area (Å²) in [7, 11) is 0. The lowest BCUT2D eigenvalue weighted by molar-refractivity contribution is -0.117. The molecule has 0 fully saturated rings. The standard InChI is InChI=1S/C22H30N4O2/c1-3-26(4-2)14-13-24-21(27)18-11-8-12-19(16-18)25-22(28)20(23)15-17-9-6-5-7-10-17/h5-12,16,20H,3-4,13-15,23H2,1-2H3,(H,24,27)(H,25,28). The van der Waals surface area contributed by atoms with Crippen LogP contribution < -0.4 is 16.4 Å². The molecule has 2 aromatic rings. The summed E-state index contributed by atoms with van der Waals surface area (Å²) in [4.78, 5) is 27.0. The van der Waals surface area contributed by atoms with Gasteiger partial charge < -0.3 is 21.3 Å². The van der Waals surface area contributed by atoms with Crippen molar-refractivity contribution in [1.82, 2.24) is 10.2 Å². The lowest BCUT2D eigenvalue weighted by Gasteiger charge is -2.18. The number of carbonyl (C=O) groups is 2. The lowest BCUT2D eigenvalue weighted by Crippen LogP contribution is -2.37. The van der Waals surface area contributed by atoms with Gasteiger partial charge in [-0.1, -0.05) is 50.2 Å². The van der Waals surface area contributed by atoms with E-state index in [-0.39, 0.29) is 11.8 Å². The number of likely N-dealkylation sites (N-methyl/N-ethyl adjacent to an activating group) is 1. The van der Waals surface area contributed by atoms with Crippen molar-refractivity contribution in [1.29, 1.82) is 0 Å². The van der Waals surface area contributed by atoms with Crippen LogP contribution in [0.25, 0.3) is 0 Å². The van der Waals surface area contributed by atoms with Gasteiger partial charge in [-0.05, 0) is 43.3 Å². The van der Waals surface area contributed by atoms with E-state index in [1.807, 2.05) is 30.3 Å². The van der Waals surface area contributed by atoms with Crippen LogP contribution in [-0.4, -0.2) is 48.9 Å². The molecule has 4 N–H and O–H groups in total. The minimum absolute atomic E-state index is 0.156. The van der Waals surface area contributed by atoms with Gasteiger partial charge in [0.05, 0.1) is 6.04 Å². The normalized spacial score (nSPS) is 11.9. The Hall–Kier alpha value is -2.70. The van der Waals surface area contributed by atoms with Gasteiger partial charge in [0.15, 0.2) is 0 Å². The summed E-state index contributed by atoms with van der Waals surface area (Å²) in [6.07, 6.45) is 0.457. The van der Waals surface area contributed by atoms with Crippen LogP contribution in [0, 0.1) is 0 Å². The summed E-state index contributed by atoms with van der Waals surface area (Å²) in [5.41, 5.74) is 8.09. The molecule has 150 valence electrons. The van der Waals surface area contributed by atoms with Gasteiger partial charge in [0, 0.05) is 24.3 Å². The van der Waals surface area contributed by atoms with Crippen LogP contribution in [-0.2, 0) is 11.2 Å². The van der Waals surface area contributed by atoms with Gasteiger partial charge in [-0.3, -0.25) is 9.59 Å². The number of nitrogens with two attached hydrogens (primary N) is 1. The van der Waals surface area contributed by atoms with Crippen LogP contribution in [0.5, 0.6) is 0 Å². The molecule has 2 rings (SSSR count). The zero-order chi connectivity index (χ0) is 20.4. The Morgan fingerprint density at radius 2 is 1.75 bits per heavy atom. The van der Waals surface area contributed by atoms with Gasteiger partial charge in [-0.25, -0.2) is 0 Å². The molecule has 6 heteroatoms. The Bertz CT molecular complexity index is 760. The molecule has 1 atom stereocenters. The summed E-state index contributed by atoms with van der Waals surface area (Å²) < 4.78 is 0. The van der Waals surface area contributed by atoms with E-state index in [9.17, 15) is 9.59 Å². The summed E-state index contributed by atoms with van der Waals surface area (Å²) in [6.45, 7) is 7.50. The van der Waals surface area contributed by atoms with Crippen molar-refractivity contribution in [2.75, 3.05) is 31.5 Å². The van der Waals surface area contributed by atoms with Gasteiger partial charge in [0.2, 0.25) is 5.91 Å². The molecule has 0 saturated heterocycles. The minimum Gasteiger partial charge on any atom is -0.351 e. The molecule has 6 nitrogen and oxygen atoms in total. The van der Waals surface area contributed by atoms with Crippen molar-refractivity contribution < 1.29 is 9.59 Å². The van der Waals surface area contributed by atoms with Crippen molar-refractivity contribution >= 4 is 17.5 Å². The number of hydrogen-bond acceptors (Lipinski definition) is 4. The molecule has 0 aliphatic carbocycles. The van der Waals surface area contributed by atoms with Crippen LogP contribution in [0.15, 0.2) is 54.6 Å². The smallest absolute Gasteiger partial charge is 0.251 e. The maximum atomic E-state index is 12.4. The zero-order valence-corrected chi connectivity index (χ0v) is 16.7. The van der Waals surface area contributed by atoms with Gasteiger partial charge in [-0.2, -0.15) is 0 Å². The van der Waals surface area contributed by atoms with E-state index >= 15 is 0 Å². The van der Waals surface area contributed by atoms with Gasteiger partial charge in [0.25, 0.3) is 5.91 Å². The molecule has 0 bridgehead atoms. The quantitative estimate of drug-likeness (QED) is 0.588. The van der Waals surface area contributed by atoms with E-state index in [1.54, 1.807) is 24.3 Å². The van der Waals surface area contributed by atoms with Gasteiger partial charge in [-0.15, -0.1) is 0 Å². The molecule has 0 aromatic heterocycles. The van der Waals surface area contributed by atoms with Crippen LogP contribution >= 0.6 is 0 Å². The molecule has 0 aliphatic rings. The molecular weight excluding hydrogens is 352 g/mol. The van der Waals surface area contributed by atoms with E-state index in [2.05, 4.69) is 29.4 Å². The van der Waals surface area contributed by atoms with Gasteiger partial charge in [0.1, 0.15) is 0 Å². The second-order valence-electron chi connectivity index (χ2n) is 6.65.